The number of unbranched alkanes of at least 4 members (excludes halogenated alkanes) is 2. The van der Waals surface area contributed by atoms with Crippen molar-refractivity contribution in [2.45, 2.75) is 38.1 Å². The van der Waals surface area contributed by atoms with Gasteiger partial charge in [-0.15, -0.1) is 0 Å². The van der Waals surface area contributed by atoms with Crippen LogP contribution in [0, 0.1) is 0 Å². The van der Waals surface area contributed by atoms with Gasteiger partial charge in [-0.25, -0.2) is 13.2 Å². The highest BCUT2D eigenvalue weighted by Gasteiger charge is 2.29. The summed E-state index contributed by atoms with van der Waals surface area (Å²) in [5.41, 5.74) is -0.0609. The third kappa shape index (κ3) is 3.80. The van der Waals surface area contributed by atoms with Crippen LogP contribution in [-0.4, -0.2) is 49.1 Å². The molecule has 0 saturated heterocycles. The molecule has 0 saturated carbocycles. The molecule has 0 radical (unpaired) electrons. The van der Waals surface area contributed by atoms with Crippen LogP contribution in [0.2, 0.25) is 0 Å². The fourth-order valence-electron chi connectivity index (χ4n) is 1.69. The van der Waals surface area contributed by atoms with Gasteiger partial charge in [-0.05, 0) is 13.3 Å². The summed E-state index contributed by atoms with van der Waals surface area (Å²) in [4.78, 5) is 11.7. The Morgan fingerprint density at radius 2 is 2.10 bits per heavy atom. The van der Waals surface area contributed by atoms with Crippen LogP contribution in [-0.2, 0) is 14.8 Å². The van der Waals surface area contributed by atoms with Gasteiger partial charge in [0.1, 0.15) is 5.56 Å². The number of sulfonamides is 1. The van der Waals surface area contributed by atoms with Crippen LogP contribution in [0.5, 0.6) is 0 Å². The van der Waals surface area contributed by atoms with Crippen molar-refractivity contribution in [1.29, 1.82) is 0 Å². The maximum absolute atomic E-state index is 12.4. The second-order valence-electron chi connectivity index (χ2n) is 4.37. The molecule has 0 fully saturated rings. The Hall–Kier alpha value is -1.41. The lowest BCUT2D eigenvalue weighted by molar-refractivity contribution is 0.0521. The number of H-pyrrole nitrogens is 1. The van der Waals surface area contributed by atoms with Crippen LogP contribution in [0.4, 0.5) is 0 Å². The van der Waals surface area contributed by atoms with Crippen molar-refractivity contribution >= 4 is 16.0 Å². The van der Waals surface area contributed by atoms with Gasteiger partial charge >= 0.3 is 5.97 Å². The standard InChI is InChI=1S/C12H21N3O4S/c1-4-6-7-8-15(3)20(17,18)11-10(9-13-14-11)12(16)19-5-2/h9H,4-8H2,1-3H3,(H,13,14). The van der Waals surface area contributed by atoms with Crippen molar-refractivity contribution in [2.24, 2.45) is 0 Å². The van der Waals surface area contributed by atoms with Gasteiger partial charge in [-0.2, -0.15) is 9.40 Å². The van der Waals surface area contributed by atoms with E-state index >= 15 is 0 Å². The molecule has 1 rings (SSSR count). The zero-order valence-corrected chi connectivity index (χ0v) is 12.9. The van der Waals surface area contributed by atoms with Crippen molar-refractivity contribution in [2.75, 3.05) is 20.2 Å². The maximum atomic E-state index is 12.4. The summed E-state index contributed by atoms with van der Waals surface area (Å²) >= 11 is 0. The Labute approximate surface area is 119 Å². The molecule has 1 N–H and O–H groups in total. The molecule has 0 bridgehead atoms. The van der Waals surface area contributed by atoms with Gasteiger partial charge in [-0.3, -0.25) is 5.10 Å². The molecule has 0 aliphatic carbocycles. The first-order valence-electron chi connectivity index (χ1n) is 6.62. The van der Waals surface area contributed by atoms with Gasteiger partial charge in [0.2, 0.25) is 0 Å². The average molecular weight is 303 g/mol. The number of hydrogen-bond donors (Lipinski definition) is 1. The van der Waals surface area contributed by atoms with E-state index < -0.39 is 16.0 Å². The molecule has 0 atom stereocenters. The Morgan fingerprint density at radius 3 is 2.70 bits per heavy atom. The molecule has 0 unspecified atom stereocenters. The number of rotatable bonds is 8. The summed E-state index contributed by atoms with van der Waals surface area (Å²) in [5.74, 6) is -0.693. The predicted octanol–water partition coefficient (Wildman–Crippen LogP) is 1.40. The second-order valence-corrected chi connectivity index (χ2v) is 6.35. The number of carbonyl (C=O) groups excluding carboxylic acids is 1. The van der Waals surface area contributed by atoms with E-state index in [0.717, 1.165) is 19.3 Å². The molecule has 0 aromatic carbocycles. The van der Waals surface area contributed by atoms with Crippen LogP contribution in [0.1, 0.15) is 43.5 Å². The molecule has 0 spiro atoms. The van der Waals surface area contributed by atoms with Crippen LogP contribution in [0.15, 0.2) is 11.2 Å². The smallest absolute Gasteiger partial charge is 0.342 e. The lowest BCUT2D eigenvalue weighted by atomic mass is 10.2. The number of hydrogen-bond acceptors (Lipinski definition) is 5. The molecule has 20 heavy (non-hydrogen) atoms. The topological polar surface area (TPSA) is 92.4 Å². The van der Waals surface area contributed by atoms with E-state index in [-0.39, 0.29) is 17.2 Å². The first kappa shape index (κ1) is 16.6. The van der Waals surface area contributed by atoms with E-state index in [0.29, 0.717) is 6.54 Å². The van der Waals surface area contributed by atoms with Crippen molar-refractivity contribution in [3.05, 3.63) is 11.8 Å². The summed E-state index contributed by atoms with van der Waals surface area (Å²) < 4.78 is 30.8. The highest BCUT2D eigenvalue weighted by atomic mass is 32.2. The summed E-state index contributed by atoms with van der Waals surface area (Å²) in [6.07, 6.45) is 3.90. The van der Waals surface area contributed by atoms with Crippen LogP contribution < -0.4 is 0 Å². The fourth-order valence-corrected chi connectivity index (χ4v) is 2.95. The Morgan fingerprint density at radius 1 is 1.40 bits per heavy atom. The van der Waals surface area contributed by atoms with E-state index in [2.05, 4.69) is 10.2 Å². The van der Waals surface area contributed by atoms with Gasteiger partial charge in [0.05, 0.1) is 12.8 Å². The van der Waals surface area contributed by atoms with Crippen molar-refractivity contribution in [3.8, 4) is 0 Å². The van der Waals surface area contributed by atoms with E-state index in [4.69, 9.17) is 4.74 Å². The van der Waals surface area contributed by atoms with Crippen LogP contribution in [0.3, 0.4) is 0 Å². The Bertz CT molecular complexity index is 539. The molecule has 0 aliphatic rings. The second kappa shape index (κ2) is 7.39. The summed E-state index contributed by atoms with van der Waals surface area (Å²) in [5, 5.41) is 5.80. The van der Waals surface area contributed by atoms with Gasteiger partial charge in [0.15, 0.2) is 5.03 Å². The van der Waals surface area contributed by atoms with Crippen molar-refractivity contribution in [1.82, 2.24) is 14.5 Å². The SMILES string of the molecule is CCCCCN(C)S(=O)(=O)c1[nH]ncc1C(=O)OCC. The van der Waals surface area contributed by atoms with Gasteiger partial charge in [0.25, 0.3) is 10.0 Å². The zero-order valence-electron chi connectivity index (χ0n) is 12.0. The normalized spacial score (nSPS) is 11.8. The van der Waals surface area contributed by atoms with E-state index in [1.807, 2.05) is 6.92 Å². The van der Waals surface area contributed by atoms with Crippen LogP contribution in [0.25, 0.3) is 0 Å². The van der Waals surface area contributed by atoms with E-state index in [1.165, 1.54) is 17.5 Å². The van der Waals surface area contributed by atoms with Gasteiger partial charge in [-0.1, -0.05) is 19.8 Å². The number of nitrogens with zero attached hydrogens (tertiary/aromatic N) is 2. The molecule has 8 heteroatoms. The Balaban J connectivity index is 2.93. The number of carbonyl (C=O) groups is 1. The molecular weight excluding hydrogens is 282 g/mol. The third-order valence-electron chi connectivity index (χ3n) is 2.84. The molecule has 1 aromatic rings. The molecule has 0 amide bonds. The largest absolute Gasteiger partial charge is 0.462 e. The molecular formula is C12H21N3O4S. The monoisotopic (exact) mass is 303 g/mol. The highest BCUT2D eigenvalue weighted by molar-refractivity contribution is 7.89. The maximum Gasteiger partial charge on any atom is 0.342 e. The minimum atomic E-state index is -3.76. The van der Waals surface area contributed by atoms with Crippen molar-refractivity contribution < 1.29 is 17.9 Å². The quantitative estimate of drug-likeness (QED) is 0.579. The molecule has 0 aliphatic heterocycles. The fraction of sp³-hybridized carbons (Fsp3) is 0.667. The molecule has 114 valence electrons. The minimum Gasteiger partial charge on any atom is -0.462 e. The number of esters is 1. The van der Waals surface area contributed by atoms with Gasteiger partial charge < -0.3 is 4.74 Å². The first-order chi connectivity index (χ1) is 9.45. The molecule has 7 nitrogen and oxygen atoms in total. The summed E-state index contributed by atoms with van der Waals surface area (Å²) in [6.45, 7) is 4.28. The average Bonchev–Trinajstić information content (AvgIpc) is 2.89. The van der Waals surface area contributed by atoms with E-state index in [1.54, 1.807) is 6.92 Å². The number of ether oxygens (including phenoxy) is 1. The Kier molecular flexibility index (Phi) is 6.15. The number of aromatic amines is 1. The number of nitrogens with one attached hydrogen (secondary N) is 1. The van der Waals surface area contributed by atoms with Crippen LogP contribution >= 0.6 is 0 Å². The predicted molar refractivity (Wildman–Crippen MR) is 73.9 cm³/mol. The van der Waals surface area contributed by atoms with Crippen molar-refractivity contribution in [3.63, 3.8) is 0 Å². The lowest BCUT2D eigenvalue weighted by Crippen LogP contribution is -2.29. The molecule has 1 heterocycles. The third-order valence-corrected chi connectivity index (χ3v) is 4.67. The van der Waals surface area contributed by atoms with Gasteiger partial charge in [0, 0.05) is 13.6 Å². The number of aromatic nitrogens is 2. The minimum absolute atomic E-state index is 0.0609. The lowest BCUT2D eigenvalue weighted by Gasteiger charge is -2.16. The molecule has 1 aromatic heterocycles. The van der Waals surface area contributed by atoms with E-state index in [9.17, 15) is 13.2 Å². The summed E-state index contributed by atoms with van der Waals surface area (Å²) in [6, 6.07) is 0. The zero-order chi connectivity index (χ0) is 15.2. The highest BCUT2D eigenvalue weighted by Crippen LogP contribution is 2.17. The summed E-state index contributed by atoms with van der Waals surface area (Å²) in [7, 11) is -2.27. The first-order valence-corrected chi connectivity index (χ1v) is 8.06.